The van der Waals surface area contributed by atoms with Crippen LogP contribution in [0.4, 0.5) is 0 Å². The first-order valence-electron chi connectivity index (χ1n) is 10.9. The van der Waals surface area contributed by atoms with Crippen LogP contribution >= 0.6 is 23.2 Å². The summed E-state index contributed by atoms with van der Waals surface area (Å²) in [6.45, 7) is 4.63. The average molecular weight is 538 g/mol. The molecule has 1 atom stereocenters. The van der Waals surface area contributed by atoms with Crippen LogP contribution in [-0.2, 0) is 10.0 Å². The molecule has 0 saturated carbocycles. The van der Waals surface area contributed by atoms with Gasteiger partial charge in [-0.3, -0.25) is 9.69 Å². The number of piperazine rings is 1. The molecule has 1 aliphatic rings. The van der Waals surface area contributed by atoms with Gasteiger partial charge in [0.1, 0.15) is 6.33 Å². The Balaban J connectivity index is 1.51. The SMILES string of the molecule is CC(CN1CCN(S(C)(=O)=O)CC1)NC(=O)c1cc(-c2ccc(Cl)cc2Cl)cc(-n2cnnn2)c1. The van der Waals surface area contributed by atoms with E-state index in [1.807, 2.05) is 13.0 Å². The molecule has 4 rings (SSSR count). The maximum absolute atomic E-state index is 13.2. The third-order valence-electron chi connectivity index (χ3n) is 5.75. The Morgan fingerprint density at radius 3 is 2.49 bits per heavy atom. The van der Waals surface area contributed by atoms with Crippen LogP contribution in [0.25, 0.3) is 16.8 Å². The highest BCUT2D eigenvalue weighted by Crippen LogP contribution is 2.32. The highest BCUT2D eigenvalue weighted by Gasteiger charge is 2.24. The molecule has 1 fully saturated rings. The summed E-state index contributed by atoms with van der Waals surface area (Å²) in [6, 6.07) is 10.3. The molecule has 1 aliphatic heterocycles. The van der Waals surface area contributed by atoms with Crippen molar-refractivity contribution in [3.8, 4) is 16.8 Å². The molecule has 186 valence electrons. The number of carbonyl (C=O) groups is 1. The fraction of sp³-hybridized carbons (Fsp3) is 0.364. The second kappa shape index (κ2) is 10.6. The molecule has 1 unspecified atom stereocenters. The lowest BCUT2D eigenvalue weighted by atomic mass is 10.0. The number of tetrazole rings is 1. The molecule has 10 nitrogen and oxygen atoms in total. The van der Waals surface area contributed by atoms with Crippen LogP contribution in [0, 0.1) is 0 Å². The lowest BCUT2D eigenvalue weighted by Crippen LogP contribution is -2.51. The second-order valence-electron chi connectivity index (χ2n) is 8.48. The molecule has 13 heteroatoms. The van der Waals surface area contributed by atoms with Crippen LogP contribution < -0.4 is 5.32 Å². The number of aromatic nitrogens is 4. The van der Waals surface area contributed by atoms with E-state index in [4.69, 9.17) is 23.2 Å². The Bertz CT molecular complexity index is 1310. The minimum atomic E-state index is -3.18. The van der Waals surface area contributed by atoms with Gasteiger partial charge in [-0.25, -0.2) is 13.1 Å². The fourth-order valence-electron chi connectivity index (χ4n) is 4.02. The summed E-state index contributed by atoms with van der Waals surface area (Å²) in [5.41, 5.74) is 2.46. The standard InChI is InChI=1S/C22H25Cl2N7O3S/c1-15(13-29-5-7-30(8-6-29)35(2,33)34)26-22(32)17-9-16(20-4-3-18(23)12-21(20)24)10-19(11-17)31-14-25-27-28-31/h3-4,9-12,14-15H,5-8,13H2,1-2H3,(H,26,32). The van der Waals surface area contributed by atoms with Crippen molar-refractivity contribution < 1.29 is 13.2 Å². The van der Waals surface area contributed by atoms with E-state index in [9.17, 15) is 13.2 Å². The molecule has 1 N–H and O–H groups in total. The van der Waals surface area contributed by atoms with Crippen molar-refractivity contribution in [1.82, 2.24) is 34.7 Å². The van der Waals surface area contributed by atoms with E-state index in [1.165, 1.54) is 21.6 Å². The number of amides is 1. The minimum Gasteiger partial charge on any atom is -0.348 e. The van der Waals surface area contributed by atoms with Crippen molar-refractivity contribution in [3.63, 3.8) is 0 Å². The van der Waals surface area contributed by atoms with Gasteiger partial charge in [-0.05, 0) is 53.2 Å². The summed E-state index contributed by atoms with van der Waals surface area (Å²) in [5, 5.41) is 15.3. The largest absolute Gasteiger partial charge is 0.348 e. The van der Waals surface area contributed by atoms with Gasteiger partial charge in [-0.1, -0.05) is 29.3 Å². The number of nitrogens with one attached hydrogen (secondary N) is 1. The number of rotatable bonds is 7. The third kappa shape index (κ3) is 6.36. The number of sulfonamides is 1. The van der Waals surface area contributed by atoms with Gasteiger partial charge in [-0.2, -0.15) is 4.31 Å². The van der Waals surface area contributed by atoms with Crippen molar-refractivity contribution in [3.05, 3.63) is 58.3 Å². The third-order valence-corrected chi connectivity index (χ3v) is 7.60. The second-order valence-corrected chi connectivity index (χ2v) is 11.3. The van der Waals surface area contributed by atoms with E-state index in [-0.39, 0.29) is 11.9 Å². The van der Waals surface area contributed by atoms with Crippen molar-refractivity contribution >= 4 is 39.1 Å². The fourth-order valence-corrected chi connectivity index (χ4v) is 5.36. The zero-order valence-corrected chi connectivity index (χ0v) is 21.6. The molecule has 0 radical (unpaired) electrons. The predicted molar refractivity (Wildman–Crippen MR) is 134 cm³/mol. The zero-order valence-electron chi connectivity index (χ0n) is 19.2. The summed E-state index contributed by atoms with van der Waals surface area (Å²) in [5.74, 6) is -0.256. The Hall–Kier alpha value is -2.57. The Labute approximate surface area is 213 Å². The minimum absolute atomic E-state index is 0.161. The highest BCUT2D eigenvalue weighted by molar-refractivity contribution is 7.88. The van der Waals surface area contributed by atoms with E-state index in [1.54, 1.807) is 30.3 Å². The molecule has 2 aromatic carbocycles. The first-order valence-corrected chi connectivity index (χ1v) is 13.5. The van der Waals surface area contributed by atoms with Gasteiger partial charge in [0, 0.05) is 59.9 Å². The maximum atomic E-state index is 13.2. The molecule has 0 bridgehead atoms. The molecule has 2 heterocycles. The maximum Gasteiger partial charge on any atom is 0.251 e. The van der Waals surface area contributed by atoms with Gasteiger partial charge in [0.2, 0.25) is 10.0 Å². The summed E-state index contributed by atoms with van der Waals surface area (Å²) >= 11 is 12.5. The molecule has 35 heavy (non-hydrogen) atoms. The Morgan fingerprint density at radius 2 is 1.86 bits per heavy atom. The Morgan fingerprint density at radius 1 is 1.11 bits per heavy atom. The molecule has 1 amide bonds. The van der Waals surface area contributed by atoms with Crippen LogP contribution in [0.5, 0.6) is 0 Å². The van der Waals surface area contributed by atoms with Crippen molar-refractivity contribution in [1.29, 1.82) is 0 Å². The van der Waals surface area contributed by atoms with Gasteiger partial charge in [0.05, 0.1) is 11.9 Å². The van der Waals surface area contributed by atoms with Gasteiger partial charge in [0.15, 0.2) is 0 Å². The van der Waals surface area contributed by atoms with Gasteiger partial charge < -0.3 is 5.32 Å². The van der Waals surface area contributed by atoms with E-state index in [0.29, 0.717) is 54.0 Å². The molecular weight excluding hydrogens is 513 g/mol. The number of benzene rings is 2. The van der Waals surface area contributed by atoms with Gasteiger partial charge in [0.25, 0.3) is 5.91 Å². The number of hydrogen-bond acceptors (Lipinski definition) is 7. The highest BCUT2D eigenvalue weighted by atomic mass is 35.5. The Kier molecular flexibility index (Phi) is 7.72. The van der Waals surface area contributed by atoms with Gasteiger partial charge >= 0.3 is 0 Å². The zero-order chi connectivity index (χ0) is 25.2. The number of nitrogens with zero attached hydrogens (tertiary/aromatic N) is 6. The summed E-state index contributed by atoms with van der Waals surface area (Å²) < 4.78 is 26.4. The average Bonchev–Trinajstić information content (AvgIpc) is 3.33. The number of halogens is 2. The predicted octanol–water partition coefficient (Wildman–Crippen LogP) is 2.33. The van der Waals surface area contributed by atoms with E-state index in [2.05, 4.69) is 25.7 Å². The number of hydrogen-bond donors (Lipinski definition) is 1. The molecule has 1 aromatic heterocycles. The van der Waals surface area contributed by atoms with Crippen molar-refractivity contribution in [2.75, 3.05) is 39.0 Å². The lowest BCUT2D eigenvalue weighted by Gasteiger charge is -2.34. The molecule has 0 spiro atoms. The first-order chi connectivity index (χ1) is 16.6. The van der Waals surface area contributed by atoms with Crippen molar-refractivity contribution in [2.24, 2.45) is 0 Å². The molecule has 3 aromatic rings. The van der Waals surface area contributed by atoms with Crippen LogP contribution in [0.2, 0.25) is 10.0 Å². The summed E-state index contributed by atoms with van der Waals surface area (Å²) in [7, 11) is -3.18. The van der Waals surface area contributed by atoms with Gasteiger partial charge in [-0.15, -0.1) is 5.10 Å². The summed E-state index contributed by atoms with van der Waals surface area (Å²) in [6.07, 6.45) is 2.67. The van der Waals surface area contributed by atoms with Crippen LogP contribution in [-0.4, -0.2) is 88.8 Å². The van der Waals surface area contributed by atoms with Crippen LogP contribution in [0.1, 0.15) is 17.3 Å². The topological polar surface area (TPSA) is 113 Å². The number of carbonyl (C=O) groups excluding carboxylic acids is 1. The first kappa shape index (κ1) is 25.5. The van der Waals surface area contributed by atoms with E-state index in [0.717, 1.165) is 11.1 Å². The van der Waals surface area contributed by atoms with E-state index >= 15 is 0 Å². The lowest BCUT2D eigenvalue weighted by molar-refractivity contribution is 0.0922. The van der Waals surface area contributed by atoms with E-state index < -0.39 is 10.0 Å². The van der Waals surface area contributed by atoms with Crippen molar-refractivity contribution in [2.45, 2.75) is 13.0 Å². The smallest absolute Gasteiger partial charge is 0.251 e. The summed E-state index contributed by atoms with van der Waals surface area (Å²) in [4.78, 5) is 15.3. The molecular formula is C22H25Cl2N7O3S. The molecule has 0 aliphatic carbocycles. The normalized spacial score (nSPS) is 16.2. The molecule has 1 saturated heterocycles. The quantitative estimate of drug-likeness (QED) is 0.491. The van der Waals surface area contributed by atoms with Crippen LogP contribution in [0.15, 0.2) is 42.7 Å². The van der Waals surface area contributed by atoms with Crippen LogP contribution in [0.3, 0.4) is 0 Å². The monoisotopic (exact) mass is 537 g/mol.